The van der Waals surface area contributed by atoms with E-state index in [1.807, 2.05) is 0 Å². The summed E-state index contributed by atoms with van der Waals surface area (Å²) < 4.78 is 12.9. The zero-order valence-corrected chi connectivity index (χ0v) is 7.83. The first-order valence-corrected chi connectivity index (χ1v) is 4.41. The van der Waals surface area contributed by atoms with Crippen molar-refractivity contribution >= 4 is 11.6 Å². The van der Waals surface area contributed by atoms with Crippen molar-refractivity contribution in [3.05, 3.63) is 29.6 Å². The third-order valence-corrected chi connectivity index (χ3v) is 2.52. The normalized spacial score (nSPS) is 20.9. The first-order chi connectivity index (χ1) is 6.59. The summed E-state index contributed by atoms with van der Waals surface area (Å²) in [5, 5.41) is 0. The van der Waals surface area contributed by atoms with Crippen molar-refractivity contribution in [1.82, 2.24) is 0 Å². The van der Waals surface area contributed by atoms with Gasteiger partial charge in [0.15, 0.2) is 0 Å². The lowest BCUT2D eigenvalue weighted by molar-refractivity contribution is -0.119. The molecular weight excluding hydrogens is 183 g/mol. The average Bonchev–Trinajstić information content (AvgIpc) is 2.14. The SMILES string of the molecule is CN1C(=O)CC(N)c2cc(F)ccc21. The zero-order chi connectivity index (χ0) is 10.3. The summed E-state index contributed by atoms with van der Waals surface area (Å²) in [5.41, 5.74) is 7.16. The third kappa shape index (κ3) is 1.28. The predicted octanol–water partition coefficient (Wildman–Crippen LogP) is 1.19. The third-order valence-electron chi connectivity index (χ3n) is 2.52. The standard InChI is InChI=1S/C10H11FN2O/c1-13-9-3-2-6(11)4-7(9)8(12)5-10(13)14/h2-4,8H,5,12H2,1H3. The van der Waals surface area contributed by atoms with Gasteiger partial charge in [-0.15, -0.1) is 0 Å². The number of anilines is 1. The maximum atomic E-state index is 12.9. The van der Waals surface area contributed by atoms with E-state index in [9.17, 15) is 9.18 Å². The molecule has 0 bridgehead atoms. The van der Waals surface area contributed by atoms with Crippen molar-refractivity contribution in [2.75, 3.05) is 11.9 Å². The number of hydrogen-bond acceptors (Lipinski definition) is 2. The molecule has 0 saturated carbocycles. The molecule has 0 radical (unpaired) electrons. The van der Waals surface area contributed by atoms with Crippen LogP contribution in [0.15, 0.2) is 18.2 Å². The van der Waals surface area contributed by atoms with Crippen LogP contribution in [0.5, 0.6) is 0 Å². The van der Waals surface area contributed by atoms with Gasteiger partial charge in [-0.25, -0.2) is 4.39 Å². The summed E-state index contributed by atoms with van der Waals surface area (Å²) in [6, 6.07) is 3.93. The molecule has 3 nitrogen and oxygen atoms in total. The van der Waals surface area contributed by atoms with Crippen LogP contribution in [0.4, 0.5) is 10.1 Å². The fourth-order valence-electron chi connectivity index (χ4n) is 1.70. The monoisotopic (exact) mass is 194 g/mol. The molecule has 0 saturated heterocycles. The van der Waals surface area contributed by atoms with E-state index in [4.69, 9.17) is 5.73 Å². The highest BCUT2D eigenvalue weighted by atomic mass is 19.1. The van der Waals surface area contributed by atoms with Gasteiger partial charge in [0.2, 0.25) is 5.91 Å². The Hall–Kier alpha value is -1.42. The first kappa shape index (κ1) is 9.15. The van der Waals surface area contributed by atoms with Crippen LogP contribution < -0.4 is 10.6 Å². The van der Waals surface area contributed by atoms with Crippen LogP contribution in [0.2, 0.25) is 0 Å². The van der Waals surface area contributed by atoms with Gasteiger partial charge >= 0.3 is 0 Å². The quantitative estimate of drug-likeness (QED) is 0.674. The molecule has 1 aliphatic heterocycles. The van der Waals surface area contributed by atoms with Crippen molar-refractivity contribution in [2.45, 2.75) is 12.5 Å². The molecule has 2 N–H and O–H groups in total. The molecule has 1 aromatic carbocycles. The molecule has 4 heteroatoms. The molecule has 0 aromatic heterocycles. The van der Waals surface area contributed by atoms with E-state index in [0.29, 0.717) is 11.3 Å². The molecular formula is C10H11FN2O. The highest BCUT2D eigenvalue weighted by Crippen LogP contribution is 2.32. The van der Waals surface area contributed by atoms with Crippen LogP contribution >= 0.6 is 0 Å². The Morgan fingerprint density at radius 1 is 1.57 bits per heavy atom. The van der Waals surface area contributed by atoms with E-state index in [1.54, 1.807) is 13.1 Å². The molecule has 1 amide bonds. The van der Waals surface area contributed by atoms with Gasteiger partial charge in [0.05, 0.1) is 0 Å². The topological polar surface area (TPSA) is 46.3 Å². The van der Waals surface area contributed by atoms with Gasteiger partial charge in [-0.05, 0) is 23.8 Å². The summed E-state index contributed by atoms with van der Waals surface area (Å²) in [4.78, 5) is 12.9. The number of nitrogens with two attached hydrogens (primary N) is 1. The van der Waals surface area contributed by atoms with Crippen molar-refractivity contribution in [3.8, 4) is 0 Å². The molecule has 0 aliphatic carbocycles. The summed E-state index contributed by atoms with van der Waals surface area (Å²) in [6.07, 6.45) is 0.243. The number of rotatable bonds is 0. The second-order valence-corrected chi connectivity index (χ2v) is 3.47. The second kappa shape index (κ2) is 3.06. The number of hydrogen-bond donors (Lipinski definition) is 1. The molecule has 74 valence electrons. The molecule has 1 aliphatic rings. The lowest BCUT2D eigenvalue weighted by Gasteiger charge is -2.29. The zero-order valence-electron chi connectivity index (χ0n) is 7.83. The average molecular weight is 194 g/mol. The number of nitrogens with zero attached hydrogens (tertiary/aromatic N) is 1. The Labute approximate surface area is 81.3 Å². The lowest BCUT2D eigenvalue weighted by Crippen LogP contribution is -2.35. The molecule has 14 heavy (non-hydrogen) atoms. The van der Waals surface area contributed by atoms with E-state index in [-0.39, 0.29) is 24.2 Å². The first-order valence-electron chi connectivity index (χ1n) is 4.41. The molecule has 1 unspecified atom stereocenters. The Balaban J connectivity index is 2.55. The van der Waals surface area contributed by atoms with E-state index in [2.05, 4.69) is 0 Å². The number of carbonyl (C=O) groups excluding carboxylic acids is 1. The van der Waals surface area contributed by atoms with E-state index in [1.165, 1.54) is 17.0 Å². The van der Waals surface area contributed by atoms with Gasteiger partial charge in [0, 0.05) is 25.2 Å². The van der Waals surface area contributed by atoms with Crippen LogP contribution in [0.3, 0.4) is 0 Å². The fraction of sp³-hybridized carbons (Fsp3) is 0.300. The van der Waals surface area contributed by atoms with Crippen molar-refractivity contribution in [2.24, 2.45) is 5.73 Å². The van der Waals surface area contributed by atoms with E-state index >= 15 is 0 Å². The van der Waals surface area contributed by atoms with Gasteiger partial charge in [-0.3, -0.25) is 4.79 Å². The van der Waals surface area contributed by atoms with Crippen molar-refractivity contribution in [1.29, 1.82) is 0 Å². The van der Waals surface area contributed by atoms with Gasteiger partial charge in [-0.1, -0.05) is 0 Å². The highest BCUT2D eigenvalue weighted by molar-refractivity contribution is 5.96. The number of amides is 1. The van der Waals surface area contributed by atoms with Gasteiger partial charge in [0.1, 0.15) is 5.82 Å². The van der Waals surface area contributed by atoms with Crippen LogP contribution in [0.25, 0.3) is 0 Å². The largest absolute Gasteiger partial charge is 0.323 e. The molecule has 1 aromatic rings. The molecule has 1 heterocycles. The molecule has 1 atom stereocenters. The lowest BCUT2D eigenvalue weighted by atomic mass is 9.97. The highest BCUT2D eigenvalue weighted by Gasteiger charge is 2.26. The van der Waals surface area contributed by atoms with Crippen molar-refractivity contribution in [3.63, 3.8) is 0 Å². The van der Waals surface area contributed by atoms with Gasteiger partial charge in [0.25, 0.3) is 0 Å². The summed E-state index contributed by atoms with van der Waals surface area (Å²) >= 11 is 0. The maximum Gasteiger partial charge on any atom is 0.228 e. The Morgan fingerprint density at radius 3 is 3.00 bits per heavy atom. The minimum absolute atomic E-state index is 0.0309. The second-order valence-electron chi connectivity index (χ2n) is 3.47. The predicted molar refractivity (Wildman–Crippen MR) is 51.4 cm³/mol. The summed E-state index contributed by atoms with van der Waals surface area (Å²) in [6.45, 7) is 0. The Kier molecular flexibility index (Phi) is 2.00. The smallest absolute Gasteiger partial charge is 0.228 e. The van der Waals surface area contributed by atoms with E-state index in [0.717, 1.165) is 0 Å². The number of carbonyl (C=O) groups is 1. The van der Waals surface area contributed by atoms with Crippen molar-refractivity contribution < 1.29 is 9.18 Å². The van der Waals surface area contributed by atoms with Gasteiger partial charge in [-0.2, -0.15) is 0 Å². The molecule has 0 fully saturated rings. The Morgan fingerprint density at radius 2 is 2.29 bits per heavy atom. The maximum absolute atomic E-state index is 12.9. The van der Waals surface area contributed by atoms with Crippen LogP contribution in [-0.2, 0) is 4.79 Å². The number of halogens is 1. The summed E-state index contributed by atoms with van der Waals surface area (Å²) in [7, 11) is 1.67. The minimum Gasteiger partial charge on any atom is -0.323 e. The van der Waals surface area contributed by atoms with Crippen LogP contribution in [-0.4, -0.2) is 13.0 Å². The summed E-state index contributed by atoms with van der Waals surface area (Å²) in [5.74, 6) is -0.349. The number of benzene rings is 1. The molecule has 2 rings (SSSR count). The van der Waals surface area contributed by atoms with Crippen LogP contribution in [0.1, 0.15) is 18.0 Å². The number of fused-ring (bicyclic) bond motifs is 1. The minimum atomic E-state index is -0.385. The molecule has 0 spiro atoms. The fourth-order valence-corrected chi connectivity index (χ4v) is 1.70. The Bertz CT molecular complexity index is 392. The van der Waals surface area contributed by atoms with E-state index < -0.39 is 0 Å². The van der Waals surface area contributed by atoms with Gasteiger partial charge < -0.3 is 10.6 Å². The van der Waals surface area contributed by atoms with Crippen LogP contribution in [0, 0.1) is 5.82 Å².